The molecule has 0 bridgehead atoms. The Hall–Kier alpha value is -0.0900. The first-order chi connectivity index (χ1) is 7.48. The van der Waals surface area contributed by atoms with E-state index in [-0.39, 0.29) is 24.2 Å². The number of aliphatic hydroxyl groups is 1. The molecule has 0 radical (unpaired) electrons. The van der Waals surface area contributed by atoms with Gasteiger partial charge in [-0.25, -0.2) is 8.42 Å². The second-order valence-corrected chi connectivity index (χ2v) is 7.46. The van der Waals surface area contributed by atoms with E-state index in [4.69, 9.17) is 0 Å². The Bertz CT molecular complexity index is 297. The lowest BCUT2D eigenvalue weighted by molar-refractivity contribution is 0.158. The number of rotatable bonds is 6. The van der Waals surface area contributed by atoms with Crippen molar-refractivity contribution in [3.8, 4) is 0 Å². The normalized spacial score (nSPS) is 27.8. The summed E-state index contributed by atoms with van der Waals surface area (Å²) in [6.45, 7) is 4.48. The molecule has 3 atom stereocenters. The zero-order valence-electron chi connectivity index (χ0n) is 10.4. The molecule has 96 valence electrons. The van der Waals surface area contributed by atoms with Crippen molar-refractivity contribution >= 4 is 9.84 Å². The molecule has 0 aliphatic carbocycles. The van der Waals surface area contributed by atoms with E-state index in [2.05, 4.69) is 13.8 Å². The van der Waals surface area contributed by atoms with Crippen molar-refractivity contribution in [1.82, 2.24) is 0 Å². The molecular formula is C12H24O3S. The largest absolute Gasteiger partial charge is 0.396 e. The van der Waals surface area contributed by atoms with Crippen molar-refractivity contribution < 1.29 is 13.5 Å². The van der Waals surface area contributed by atoms with Crippen molar-refractivity contribution in [2.75, 3.05) is 18.1 Å². The lowest BCUT2D eigenvalue weighted by Crippen LogP contribution is -2.22. The van der Waals surface area contributed by atoms with E-state index in [9.17, 15) is 13.5 Å². The average Bonchev–Trinajstić information content (AvgIpc) is 2.55. The van der Waals surface area contributed by atoms with Crippen molar-refractivity contribution in [2.45, 2.75) is 39.5 Å². The van der Waals surface area contributed by atoms with Crippen LogP contribution in [0.2, 0.25) is 0 Å². The van der Waals surface area contributed by atoms with E-state index in [0.717, 1.165) is 25.7 Å². The molecule has 1 saturated heterocycles. The summed E-state index contributed by atoms with van der Waals surface area (Å²) in [6.07, 6.45) is 4.02. The summed E-state index contributed by atoms with van der Waals surface area (Å²) in [4.78, 5) is 0. The van der Waals surface area contributed by atoms with E-state index in [0.29, 0.717) is 11.7 Å². The first kappa shape index (κ1) is 14.0. The van der Waals surface area contributed by atoms with Gasteiger partial charge in [0.1, 0.15) is 0 Å². The van der Waals surface area contributed by atoms with Crippen LogP contribution in [0.4, 0.5) is 0 Å². The van der Waals surface area contributed by atoms with Crippen LogP contribution in [0, 0.1) is 17.8 Å². The molecule has 0 amide bonds. The number of aliphatic hydroxyl groups excluding tert-OH is 1. The topological polar surface area (TPSA) is 54.4 Å². The average molecular weight is 248 g/mol. The van der Waals surface area contributed by atoms with Gasteiger partial charge in [-0.1, -0.05) is 26.7 Å². The molecule has 1 aliphatic rings. The van der Waals surface area contributed by atoms with Gasteiger partial charge in [-0.15, -0.1) is 0 Å². The van der Waals surface area contributed by atoms with Gasteiger partial charge >= 0.3 is 0 Å². The van der Waals surface area contributed by atoms with Crippen LogP contribution in [0.25, 0.3) is 0 Å². The van der Waals surface area contributed by atoms with Crippen LogP contribution in [-0.4, -0.2) is 31.6 Å². The molecule has 3 nitrogen and oxygen atoms in total. The Morgan fingerprint density at radius 2 is 2.12 bits per heavy atom. The Labute approximate surface area is 99.2 Å². The highest BCUT2D eigenvalue weighted by atomic mass is 32.2. The van der Waals surface area contributed by atoms with E-state index >= 15 is 0 Å². The highest BCUT2D eigenvalue weighted by Crippen LogP contribution is 2.31. The fourth-order valence-electron chi connectivity index (χ4n) is 2.74. The standard InChI is InChI=1S/C12H24O3S/c1-3-4-10(2)7-12(8-13)11-5-6-16(14,15)9-11/h10-13H,3-9H2,1-2H3. The summed E-state index contributed by atoms with van der Waals surface area (Å²) in [5.41, 5.74) is 0. The molecule has 4 heteroatoms. The van der Waals surface area contributed by atoms with Gasteiger partial charge in [0.05, 0.1) is 11.5 Å². The summed E-state index contributed by atoms with van der Waals surface area (Å²) < 4.78 is 22.8. The predicted octanol–water partition coefficient (Wildman–Crippen LogP) is 1.86. The van der Waals surface area contributed by atoms with Gasteiger partial charge in [0.15, 0.2) is 9.84 Å². The molecule has 1 aliphatic heterocycles. The second-order valence-electron chi connectivity index (χ2n) is 5.24. The van der Waals surface area contributed by atoms with Gasteiger partial charge in [-0.3, -0.25) is 0 Å². The van der Waals surface area contributed by atoms with Crippen LogP contribution in [0.5, 0.6) is 0 Å². The Balaban J connectivity index is 2.49. The minimum Gasteiger partial charge on any atom is -0.396 e. The van der Waals surface area contributed by atoms with Crippen LogP contribution in [0.1, 0.15) is 39.5 Å². The first-order valence-corrected chi connectivity index (χ1v) is 8.12. The summed E-state index contributed by atoms with van der Waals surface area (Å²) >= 11 is 0. The first-order valence-electron chi connectivity index (χ1n) is 6.29. The van der Waals surface area contributed by atoms with E-state index < -0.39 is 9.84 Å². The minimum atomic E-state index is -2.81. The van der Waals surface area contributed by atoms with Gasteiger partial charge in [0.25, 0.3) is 0 Å². The summed E-state index contributed by atoms with van der Waals surface area (Å²) in [7, 11) is -2.81. The van der Waals surface area contributed by atoms with E-state index in [1.807, 2.05) is 0 Å². The highest BCUT2D eigenvalue weighted by molar-refractivity contribution is 7.91. The number of hydrogen-bond donors (Lipinski definition) is 1. The van der Waals surface area contributed by atoms with Crippen molar-refractivity contribution in [1.29, 1.82) is 0 Å². The third kappa shape index (κ3) is 4.06. The van der Waals surface area contributed by atoms with Crippen LogP contribution in [0.15, 0.2) is 0 Å². The lowest BCUT2D eigenvalue weighted by Gasteiger charge is -2.23. The zero-order valence-corrected chi connectivity index (χ0v) is 11.2. The third-order valence-electron chi connectivity index (χ3n) is 3.66. The number of sulfone groups is 1. The summed E-state index contributed by atoms with van der Waals surface area (Å²) in [5.74, 6) is 1.56. The number of hydrogen-bond acceptors (Lipinski definition) is 3. The second kappa shape index (κ2) is 6.01. The molecule has 0 aromatic carbocycles. The molecule has 1 heterocycles. The Morgan fingerprint density at radius 3 is 2.56 bits per heavy atom. The molecule has 1 fully saturated rings. The summed E-state index contributed by atoms with van der Waals surface area (Å²) in [6, 6.07) is 0. The monoisotopic (exact) mass is 248 g/mol. The molecule has 16 heavy (non-hydrogen) atoms. The van der Waals surface area contributed by atoms with Crippen molar-refractivity contribution in [2.24, 2.45) is 17.8 Å². The lowest BCUT2D eigenvalue weighted by atomic mass is 9.84. The SMILES string of the molecule is CCCC(C)CC(CO)C1CCS(=O)(=O)C1. The maximum Gasteiger partial charge on any atom is 0.150 e. The smallest absolute Gasteiger partial charge is 0.150 e. The van der Waals surface area contributed by atoms with Crippen molar-refractivity contribution in [3.05, 3.63) is 0 Å². The van der Waals surface area contributed by atoms with Gasteiger partial charge in [-0.2, -0.15) is 0 Å². The zero-order chi connectivity index (χ0) is 12.2. The molecule has 0 saturated carbocycles. The molecule has 1 rings (SSSR count). The van der Waals surface area contributed by atoms with Gasteiger partial charge in [-0.05, 0) is 30.6 Å². The van der Waals surface area contributed by atoms with Crippen LogP contribution >= 0.6 is 0 Å². The molecule has 0 aromatic heterocycles. The minimum absolute atomic E-state index is 0.133. The predicted molar refractivity (Wildman–Crippen MR) is 66.0 cm³/mol. The quantitative estimate of drug-likeness (QED) is 0.780. The van der Waals surface area contributed by atoms with Crippen LogP contribution in [0.3, 0.4) is 0 Å². The van der Waals surface area contributed by atoms with E-state index in [1.165, 1.54) is 0 Å². The van der Waals surface area contributed by atoms with Crippen LogP contribution < -0.4 is 0 Å². The Kier molecular flexibility index (Phi) is 5.25. The fraction of sp³-hybridized carbons (Fsp3) is 1.00. The van der Waals surface area contributed by atoms with Gasteiger partial charge < -0.3 is 5.11 Å². The molecule has 0 spiro atoms. The van der Waals surface area contributed by atoms with Gasteiger partial charge in [0.2, 0.25) is 0 Å². The fourth-order valence-corrected chi connectivity index (χ4v) is 4.66. The molecule has 3 unspecified atom stereocenters. The molecular weight excluding hydrogens is 224 g/mol. The van der Waals surface area contributed by atoms with Crippen LogP contribution in [-0.2, 0) is 9.84 Å². The molecule has 0 aromatic rings. The van der Waals surface area contributed by atoms with Crippen molar-refractivity contribution in [3.63, 3.8) is 0 Å². The summed E-state index contributed by atoms with van der Waals surface area (Å²) in [5, 5.41) is 9.38. The molecule has 1 N–H and O–H groups in total. The van der Waals surface area contributed by atoms with Gasteiger partial charge in [0, 0.05) is 6.61 Å². The Morgan fingerprint density at radius 1 is 1.44 bits per heavy atom. The third-order valence-corrected chi connectivity index (χ3v) is 5.45. The maximum atomic E-state index is 11.4. The maximum absolute atomic E-state index is 11.4. The van der Waals surface area contributed by atoms with E-state index in [1.54, 1.807) is 0 Å². The highest BCUT2D eigenvalue weighted by Gasteiger charge is 2.33.